The molecule has 2 aromatic rings. The predicted molar refractivity (Wildman–Crippen MR) is 81.5 cm³/mol. The maximum absolute atomic E-state index is 11.9. The van der Waals surface area contributed by atoms with Crippen molar-refractivity contribution in [2.24, 2.45) is 0 Å². The molecule has 0 spiro atoms. The maximum Gasteiger partial charge on any atom is 0.338 e. The monoisotopic (exact) mass is 336 g/mol. The van der Waals surface area contributed by atoms with Gasteiger partial charge in [0.1, 0.15) is 6.61 Å². The van der Waals surface area contributed by atoms with Gasteiger partial charge in [0.15, 0.2) is 0 Å². The second kappa shape index (κ2) is 6.78. The third kappa shape index (κ3) is 4.11. The molecule has 19 heavy (non-hydrogen) atoms. The predicted octanol–water partition coefficient (Wildman–Crippen LogP) is 4.53. The van der Waals surface area contributed by atoms with Gasteiger partial charge in [-0.05, 0) is 48.2 Å². The Kier molecular flexibility index (Phi) is 5.05. The minimum atomic E-state index is -0.298. The number of benzene rings is 2. The van der Waals surface area contributed by atoms with Gasteiger partial charge in [-0.1, -0.05) is 28.1 Å². The van der Waals surface area contributed by atoms with E-state index in [9.17, 15) is 4.79 Å². The molecule has 0 fully saturated rings. The number of carbonyl (C=O) groups is 1. The molecule has 2 aromatic carbocycles. The quantitative estimate of drug-likeness (QED) is 0.606. The SMILES string of the molecule is CSc1ccc(C(=O)OCc2cccc(Br)c2)cc1. The van der Waals surface area contributed by atoms with Crippen molar-refractivity contribution >= 4 is 33.7 Å². The highest BCUT2D eigenvalue weighted by Crippen LogP contribution is 2.16. The summed E-state index contributed by atoms with van der Waals surface area (Å²) in [7, 11) is 0. The lowest BCUT2D eigenvalue weighted by Gasteiger charge is -2.06. The van der Waals surface area contributed by atoms with Gasteiger partial charge in [-0.3, -0.25) is 0 Å². The Morgan fingerprint density at radius 2 is 1.95 bits per heavy atom. The summed E-state index contributed by atoms with van der Waals surface area (Å²) in [6, 6.07) is 15.1. The summed E-state index contributed by atoms with van der Waals surface area (Å²) in [4.78, 5) is 13.0. The Morgan fingerprint density at radius 3 is 2.58 bits per heavy atom. The van der Waals surface area contributed by atoms with Crippen LogP contribution >= 0.6 is 27.7 Å². The molecule has 0 aliphatic carbocycles. The van der Waals surface area contributed by atoms with Crippen LogP contribution in [0, 0.1) is 0 Å². The van der Waals surface area contributed by atoms with E-state index in [4.69, 9.17) is 4.74 Å². The molecule has 0 aliphatic rings. The van der Waals surface area contributed by atoms with Crippen molar-refractivity contribution in [1.29, 1.82) is 0 Å². The van der Waals surface area contributed by atoms with Gasteiger partial charge >= 0.3 is 5.97 Å². The van der Waals surface area contributed by atoms with Gasteiger partial charge in [-0.2, -0.15) is 0 Å². The second-order valence-corrected chi connectivity index (χ2v) is 5.73. The van der Waals surface area contributed by atoms with E-state index in [2.05, 4.69) is 15.9 Å². The molecule has 0 saturated heterocycles. The summed E-state index contributed by atoms with van der Waals surface area (Å²) < 4.78 is 6.25. The molecule has 0 saturated carbocycles. The number of carbonyl (C=O) groups excluding carboxylic acids is 1. The van der Waals surface area contributed by atoms with Crippen LogP contribution in [0.15, 0.2) is 57.9 Å². The number of hydrogen-bond donors (Lipinski definition) is 0. The van der Waals surface area contributed by atoms with Crippen LogP contribution in [0.3, 0.4) is 0 Å². The van der Waals surface area contributed by atoms with Gasteiger partial charge in [0.25, 0.3) is 0 Å². The van der Waals surface area contributed by atoms with Crippen LogP contribution in [0.25, 0.3) is 0 Å². The van der Waals surface area contributed by atoms with Crippen LogP contribution in [0.5, 0.6) is 0 Å². The van der Waals surface area contributed by atoms with Crippen molar-refractivity contribution in [2.75, 3.05) is 6.26 Å². The Bertz CT molecular complexity index is 567. The first kappa shape index (κ1) is 14.2. The van der Waals surface area contributed by atoms with Gasteiger partial charge in [0.2, 0.25) is 0 Å². The molecule has 0 bridgehead atoms. The molecular weight excluding hydrogens is 324 g/mol. The molecule has 0 amide bonds. The number of hydrogen-bond acceptors (Lipinski definition) is 3. The van der Waals surface area contributed by atoms with E-state index in [1.54, 1.807) is 23.9 Å². The molecule has 0 radical (unpaired) electrons. The molecule has 0 heterocycles. The van der Waals surface area contributed by atoms with Crippen LogP contribution in [0.2, 0.25) is 0 Å². The topological polar surface area (TPSA) is 26.3 Å². The van der Waals surface area contributed by atoms with Crippen LogP contribution < -0.4 is 0 Å². The highest BCUT2D eigenvalue weighted by atomic mass is 79.9. The minimum Gasteiger partial charge on any atom is -0.457 e. The zero-order valence-electron chi connectivity index (χ0n) is 10.4. The average molecular weight is 337 g/mol. The number of halogens is 1. The fourth-order valence-electron chi connectivity index (χ4n) is 1.59. The molecule has 2 rings (SSSR count). The third-order valence-corrected chi connectivity index (χ3v) is 3.82. The zero-order valence-corrected chi connectivity index (χ0v) is 12.8. The maximum atomic E-state index is 11.9. The fourth-order valence-corrected chi connectivity index (χ4v) is 2.44. The van der Waals surface area contributed by atoms with Crippen LogP contribution in [-0.4, -0.2) is 12.2 Å². The lowest BCUT2D eigenvalue weighted by atomic mass is 10.2. The van der Waals surface area contributed by atoms with E-state index >= 15 is 0 Å². The number of esters is 1. The highest BCUT2D eigenvalue weighted by Gasteiger charge is 2.07. The molecule has 98 valence electrons. The van der Waals surface area contributed by atoms with Gasteiger partial charge < -0.3 is 4.74 Å². The lowest BCUT2D eigenvalue weighted by molar-refractivity contribution is 0.0472. The van der Waals surface area contributed by atoms with E-state index < -0.39 is 0 Å². The van der Waals surface area contributed by atoms with E-state index in [1.165, 1.54) is 0 Å². The minimum absolute atomic E-state index is 0.280. The molecular formula is C15H13BrO2S. The van der Waals surface area contributed by atoms with Crippen LogP contribution in [0.4, 0.5) is 0 Å². The van der Waals surface area contributed by atoms with Crippen molar-refractivity contribution in [2.45, 2.75) is 11.5 Å². The van der Waals surface area contributed by atoms with Gasteiger partial charge in [-0.15, -0.1) is 11.8 Å². The molecule has 0 aliphatic heterocycles. The summed E-state index contributed by atoms with van der Waals surface area (Å²) in [5, 5.41) is 0. The number of ether oxygens (including phenoxy) is 1. The van der Waals surface area contributed by atoms with Crippen molar-refractivity contribution < 1.29 is 9.53 Å². The molecule has 0 unspecified atom stereocenters. The fraction of sp³-hybridized carbons (Fsp3) is 0.133. The Labute approximate surface area is 125 Å². The van der Waals surface area contributed by atoms with Gasteiger partial charge in [-0.25, -0.2) is 4.79 Å². The summed E-state index contributed by atoms with van der Waals surface area (Å²) in [6.45, 7) is 0.280. The molecule has 2 nitrogen and oxygen atoms in total. The smallest absolute Gasteiger partial charge is 0.338 e. The molecule has 0 atom stereocenters. The average Bonchev–Trinajstić information content (AvgIpc) is 2.45. The van der Waals surface area contributed by atoms with Gasteiger partial charge in [0.05, 0.1) is 5.56 Å². The number of rotatable bonds is 4. The third-order valence-electron chi connectivity index (χ3n) is 2.58. The lowest BCUT2D eigenvalue weighted by Crippen LogP contribution is -2.05. The summed E-state index contributed by atoms with van der Waals surface area (Å²) in [5.41, 5.74) is 1.54. The molecule has 0 aromatic heterocycles. The Morgan fingerprint density at radius 1 is 1.21 bits per heavy atom. The zero-order chi connectivity index (χ0) is 13.7. The first-order valence-electron chi connectivity index (χ1n) is 5.74. The normalized spacial score (nSPS) is 10.2. The van der Waals surface area contributed by atoms with Crippen LogP contribution in [0.1, 0.15) is 15.9 Å². The van der Waals surface area contributed by atoms with Crippen molar-refractivity contribution in [1.82, 2.24) is 0 Å². The van der Waals surface area contributed by atoms with E-state index in [0.717, 1.165) is 14.9 Å². The summed E-state index contributed by atoms with van der Waals surface area (Å²) in [5.74, 6) is -0.298. The Hall–Kier alpha value is -1.26. The summed E-state index contributed by atoms with van der Waals surface area (Å²) in [6.07, 6.45) is 2.00. The second-order valence-electron chi connectivity index (χ2n) is 3.93. The Balaban J connectivity index is 1.97. The standard InChI is InChI=1S/C15H13BrO2S/c1-19-14-7-5-12(6-8-14)15(17)18-10-11-3-2-4-13(16)9-11/h2-9H,10H2,1H3. The van der Waals surface area contributed by atoms with Crippen molar-refractivity contribution in [3.05, 3.63) is 64.1 Å². The number of thioether (sulfide) groups is 1. The van der Waals surface area contributed by atoms with E-state index in [1.807, 2.05) is 42.7 Å². The largest absolute Gasteiger partial charge is 0.457 e. The van der Waals surface area contributed by atoms with Crippen molar-refractivity contribution in [3.63, 3.8) is 0 Å². The van der Waals surface area contributed by atoms with E-state index in [0.29, 0.717) is 5.56 Å². The van der Waals surface area contributed by atoms with Crippen LogP contribution in [-0.2, 0) is 11.3 Å². The molecule has 0 N–H and O–H groups in total. The first-order valence-corrected chi connectivity index (χ1v) is 7.76. The first-order chi connectivity index (χ1) is 9.19. The van der Waals surface area contributed by atoms with Gasteiger partial charge in [0, 0.05) is 9.37 Å². The van der Waals surface area contributed by atoms with E-state index in [-0.39, 0.29) is 12.6 Å². The van der Waals surface area contributed by atoms with Crippen molar-refractivity contribution in [3.8, 4) is 0 Å². The molecule has 4 heteroatoms. The highest BCUT2D eigenvalue weighted by molar-refractivity contribution is 9.10. The summed E-state index contributed by atoms with van der Waals surface area (Å²) >= 11 is 5.03.